The molecule has 0 aliphatic rings. The largest absolute Gasteiger partial charge is 0.348 e. The number of carbonyl (C=O) groups excluding carboxylic acids is 2. The first-order valence-corrected chi connectivity index (χ1v) is 6.52. The van der Waals surface area contributed by atoms with Crippen LogP contribution in [0.2, 0.25) is 0 Å². The van der Waals surface area contributed by atoms with Crippen LogP contribution in [0.3, 0.4) is 0 Å². The summed E-state index contributed by atoms with van der Waals surface area (Å²) in [6, 6.07) is 7.10. The van der Waals surface area contributed by atoms with Gasteiger partial charge in [-0.15, -0.1) is 0 Å². The Morgan fingerprint density at radius 3 is 2.44 bits per heavy atom. The summed E-state index contributed by atoms with van der Waals surface area (Å²) in [5.41, 5.74) is 1.01. The number of halogens is 1. The van der Waals surface area contributed by atoms with Crippen LogP contribution in [-0.2, 0) is 9.59 Å². The number of amides is 2. The van der Waals surface area contributed by atoms with Gasteiger partial charge in [-0.25, -0.2) is 0 Å². The molecule has 2 amide bonds. The van der Waals surface area contributed by atoms with Crippen molar-refractivity contribution in [2.75, 3.05) is 0 Å². The Morgan fingerprint density at radius 1 is 1.22 bits per heavy atom. The molecular weight excluding hydrogens is 296 g/mol. The van der Waals surface area contributed by atoms with Gasteiger partial charge in [-0.2, -0.15) is 0 Å². The van der Waals surface area contributed by atoms with Gasteiger partial charge in [0.2, 0.25) is 11.8 Å². The molecule has 0 saturated heterocycles. The second-order valence-corrected chi connectivity index (χ2v) is 5.12. The Kier molecular flexibility index (Phi) is 5.34. The summed E-state index contributed by atoms with van der Waals surface area (Å²) < 4.78 is 0.969. The van der Waals surface area contributed by atoms with E-state index in [2.05, 4.69) is 26.6 Å². The van der Waals surface area contributed by atoms with Crippen molar-refractivity contribution in [2.24, 2.45) is 0 Å². The van der Waals surface area contributed by atoms with Crippen LogP contribution < -0.4 is 10.6 Å². The fourth-order valence-corrected chi connectivity index (χ4v) is 1.99. The van der Waals surface area contributed by atoms with E-state index >= 15 is 0 Å². The Morgan fingerprint density at radius 2 is 1.89 bits per heavy atom. The molecule has 0 fully saturated rings. The lowest BCUT2D eigenvalue weighted by atomic mass is 10.1. The number of hydrogen-bond donors (Lipinski definition) is 2. The maximum Gasteiger partial charge on any atom is 0.242 e. The molecule has 0 heterocycles. The van der Waals surface area contributed by atoms with E-state index in [-0.39, 0.29) is 17.9 Å². The molecule has 1 aromatic rings. The Labute approximate surface area is 115 Å². The number of rotatable bonds is 4. The van der Waals surface area contributed by atoms with E-state index in [9.17, 15) is 9.59 Å². The van der Waals surface area contributed by atoms with Gasteiger partial charge in [0, 0.05) is 11.4 Å². The predicted molar refractivity (Wildman–Crippen MR) is 74.0 cm³/mol. The quantitative estimate of drug-likeness (QED) is 0.895. The molecule has 0 radical (unpaired) electrons. The number of hydrogen-bond acceptors (Lipinski definition) is 2. The fraction of sp³-hybridized carbons (Fsp3) is 0.385. The van der Waals surface area contributed by atoms with Crippen molar-refractivity contribution in [1.29, 1.82) is 0 Å². The molecule has 5 heteroatoms. The summed E-state index contributed by atoms with van der Waals surface area (Å²) in [6.45, 7) is 4.95. The van der Waals surface area contributed by atoms with Crippen molar-refractivity contribution in [3.8, 4) is 0 Å². The first-order chi connectivity index (χ1) is 8.40. The Hall–Kier alpha value is -1.36. The van der Waals surface area contributed by atoms with Gasteiger partial charge >= 0.3 is 0 Å². The van der Waals surface area contributed by atoms with E-state index in [4.69, 9.17) is 0 Å². The molecule has 0 spiro atoms. The van der Waals surface area contributed by atoms with E-state index in [1.165, 1.54) is 6.92 Å². The average Bonchev–Trinajstić information content (AvgIpc) is 2.27. The Balaban J connectivity index is 2.62. The molecule has 2 N–H and O–H groups in total. The van der Waals surface area contributed by atoms with E-state index in [1.54, 1.807) is 6.92 Å². The fourth-order valence-electron chi connectivity index (χ4n) is 1.57. The highest BCUT2D eigenvalue weighted by atomic mass is 79.9. The molecule has 1 aromatic carbocycles. The van der Waals surface area contributed by atoms with E-state index in [1.807, 2.05) is 31.2 Å². The van der Waals surface area contributed by atoms with Crippen molar-refractivity contribution in [2.45, 2.75) is 32.9 Å². The van der Waals surface area contributed by atoms with Crippen LogP contribution in [0.15, 0.2) is 28.7 Å². The van der Waals surface area contributed by atoms with Gasteiger partial charge in [0.05, 0.1) is 6.04 Å². The van der Waals surface area contributed by atoms with Gasteiger partial charge in [0.25, 0.3) is 0 Å². The minimum atomic E-state index is -0.530. The standard InChI is InChI=1S/C13H17BrN2O2/c1-8(11-5-4-6-12(14)7-11)16-13(18)9(2)15-10(3)17/h4-9H,1-3H3,(H,15,17)(H,16,18)/t8-,9-/m1/s1. The zero-order chi connectivity index (χ0) is 13.7. The monoisotopic (exact) mass is 312 g/mol. The highest BCUT2D eigenvalue weighted by molar-refractivity contribution is 9.10. The van der Waals surface area contributed by atoms with Gasteiger partial charge in [0.15, 0.2) is 0 Å². The maximum absolute atomic E-state index is 11.8. The van der Waals surface area contributed by atoms with Crippen molar-refractivity contribution >= 4 is 27.7 Å². The molecule has 0 aliphatic carbocycles. The lowest BCUT2D eigenvalue weighted by Crippen LogP contribution is -2.44. The van der Waals surface area contributed by atoms with Crippen LogP contribution >= 0.6 is 15.9 Å². The predicted octanol–water partition coefficient (Wildman–Crippen LogP) is 2.15. The van der Waals surface area contributed by atoms with E-state index in [0.29, 0.717) is 0 Å². The second-order valence-electron chi connectivity index (χ2n) is 4.21. The van der Waals surface area contributed by atoms with Gasteiger partial charge in [-0.05, 0) is 31.5 Å². The van der Waals surface area contributed by atoms with Crippen LogP contribution in [0.25, 0.3) is 0 Å². The summed E-state index contributed by atoms with van der Waals surface area (Å²) in [4.78, 5) is 22.7. The normalized spacial score (nSPS) is 13.6. The zero-order valence-electron chi connectivity index (χ0n) is 10.7. The van der Waals surface area contributed by atoms with Crippen LogP contribution in [0.5, 0.6) is 0 Å². The highest BCUT2D eigenvalue weighted by Gasteiger charge is 2.16. The third kappa shape index (κ3) is 4.49. The molecular formula is C13H17BrN2O2. The van der Waals surface area contributed by atoms with Crippen molar-refractivity contribution in [3.05, 3.63) is 34.3 Å². The third-order valence-electron chi connectivity index (χ3n) is 2.52. The molecule has 0 aliphatic heterocycles. The molecule has 0 bridgehead atoms. The second kappa shape index (κ2) is 6.54. The number of benzene rings is 1. The lowest BCUT2D eigenvalue weighted by molar-refractivity contribution is -0.128. The summed E-state index contributed by atoms with van der Waals surface area (Å²) in [7, 11) is 0. The van der Waals surface area contributed by atoms with Gasteiger partial charge < -0.3 is 10.6 Å². The summed E-state index contributed by atoms with van der Waals surface area (Å²) in [6.07, 6.45) is 0. The van der Waals surface area contributed by atoms with Gasteiger partial charge in [-0.1, -0.05) is 28.1 Å². The lowest BCUT2D eigenvalue weighted by Gasteiger charge is -2.18. The zero-order valence-corrected chi connectivity index (χ0v) is 12.2. The number of carbonyl (C=O) groups is 2. The minimum absolute atomic E-state index is 0.105. The average molecular weight is 313 g/mol. The molecule has 18 heavy (non-hydrogen) atoms. The number of nitrogens with one attached hydrogen (secondary N) is 2. The van der Waals surface area contributed by atoms with Crippen molar-refractivity contribution in [3.63, 3.8) is 0 Å². The smallest absolute Gasteiger partial charge is 0.242 e. The van der Waals surface area contributed by atoms with Crippen LogP contribution in [0.4, 0.5) is 0 Å². The van der Waals surface area contributed by atoms with Gasteiger partial charge in [0.1, 0.15) is 6.04 Å². The SMILES string of the molecule is CC(=O)N[C@H](C)C(=O)N[C@H](C)c1cccc(Br)c1. The molecule has 1 rings (SSSR count). The van der Waals surface area contributed by atoms with Gasteiger partial charge in [-0.3, -0.25) is 9.59 Å². The molecule has 4 nitrogen and oxygen atoms in total. The molecule has 0 saturated carbocycles. The van der Waals surface area contributed by atoms with Crippen LogP contribution in [-0.4, -0.2) is 17.9 Å². The third-order valence-corrected chi connectivity index (χ3v) is 3.01. The summed E-state index contributed by atoms with van der Waals surface area (Å²) in [5, 5.41) is 5.40. The Bertz CT molecular complexity index is 448. The van der Waals surface area contributed by atoms with E-state index in [0.717, 1.165) is 10.0 Å². The topological polar surface area (TPSA) is 58.2 Å². The van der Waals surface area contributed by atoms with Crippen LogP contribution in [0.1, 0.15) is 32.4 Å². The molecule has 0 unspecified atom stereocenters. The maximum atomic E-state index is 11.8. The van der Waals surface area contributed by atoms with Crippen LogP contribution in [0, 0.1) is 0 Å². The van der Waals surface area contributed by atoms with Crippen molar-refractivity contribution < 1.29 is 9.59 Å². The highest BCUT2D eigenvalue weighted by Crippen LogP contribution is 2.17. The summed E-state index contributed by atoms with van der Waals surface area (Å²) >= 11 is 3.39. The molecule has 98 valence electrons. The van der Waals surface area contributed by atoms with Crippen molar-refractivity contribution in [1.82, 2.24) is 10.6 Å². The van der Waals surface area contributed by atoms with E-state index < -0.39 is 6.04 Å². The summed E-state index contributed by atoms with van der Waals surface area (Å²) in [5.74, 6) is -0.412. The first-order valence-electron chi connectivity index (χ1n) is 5.73. The first kappa shape index (κ1) is 14.7. The molecule has 2 atom stereocenters. The molecule has 0 aromatic heterocycles. The minimum Gasteiger partial charge on any atom is -0.348 e.